The van der Waals surface area contributed by atoms with Gasteiger partial charge in [0.05, 0.1) is 4.91 Å². The monoisotopic (exact) mass is 456 g/mol. The predicted octanol–water partition coefficient (Wildman–Crippen LogP) is 5.81. The van der Waals surface area contributed by atoms with E-state index in [9.17, 15) is 18.8 Å². The summed E-state index contributed by atoms with van der Waals surface area (Å²) >= 11 is 0.813. The van der Waals surface area contributed by atoms with Gasteiger partial charge in [0.1, 0.15) is 12.4 Å². The fraction of sp³-hybridized carbons (Fsp3) is 0.0385. The van der Waals surface area contributed by atoms with E-state index in [0.717, 1.165) is 43.8 Å². The minimum Gasteiger partial charge on any atom is -0.325 e. The average Bonchev–Trinajstić information content (AvgIpc) is 3.07. The van der Waals surface area contributed by atoms with Crippen molar-refractivity contribution in [3.05, 3.63) is 95.1 Å². The van der Waals surface area contributed by atoms with Crippen molar-refractivity contribution in [2.45, 2.75) is 0 Å². The van der Waals surface area contributed by atoms with Crippen LogP contribution in [0, 0.1) is 5.82 Å². The van der Waals surface area contributed by atoms with Gasteiger partial charge in [0.2, 0.25) is 5.91 Å². The van der Waals surface area contributed by atoms with Crippen LogP contribution in [-0.4, -0.2) is 28.5 Å². The van der Waals surface area contributed by atoms with Crippen LogP contribution in [0.3, 0.4) is 0 Å². The van der Waals surface area contributed by atoms with E-state index < -0.39 is 29.4 Å². The summed E-state index contributed by atoms with van der Waals surface area (Å²) in [6.07, 6.45) is 1.73. The Hall–Kier alpha value is -3.97. The number of nitrogens with zero attached hydrogens (tertiary/aromatic N) is 1. The van der Waals surface area contributed by atoms with Crippen molar-refractivity contribution >= 4 is 62.1 Å². The Bertz CT molecular complexity index is 1410. The molecule has 33 heavy (non-hydrogen) atoms. The molecule has 4 aromatic carbocycles. The lowest BCUT2D eigenvalue weighted by molar-refractivity contribution is -0.127. The molecule has 1 heterocycles. The summed E-state index contributed by atoms with van der Waals surface area (Å²) in [4.78, 5) is 39.1. The smallest absolute Gasteiger partial charge is 0.294 e. The summed E-state index contributed by atoms with van der Waals surface area (Å²) in [6.45, 7) is -0.421. The summed E-state index contributed by atoms with van der Waals surface area (Å²) in [5, 5.41) is 6.06. The maximum Gasteiger partial charge on any atom is 0.294 e. The van der Waals surface area contributed by atoms with Crippen LogP contribution in [-0.2, 0) is 9.59 Å². The molecule has 0 spiro atoms. The van der Waals surface area contributed by atoms with E-state index in [-0.39, 0.29) is 4.91 Å². The molecule has 162 valence electrons. The number of nitrogens with one attached hydrogen (secondary N) is 1. The Balaban J connectivity index is 1.45. The molecule has 1 fully saturated rings. The summed E-state index contributed by atoms with van der Waals surface area (Å²) in [5.74, 6) is -1.48. The zero-order valence-electron chi connectivity index (χ0n) is 17.2. The van der Waals surface area contributed by atoms with Crippen molar-refractivity contribution in [2.75, 3.05) is 11.9 Å². The Kier molecular flexibility index (Phi) is 5.40. The Morgan fingerprint density at radius 2 is 1.52 bits per heavy atom. The second kappa shape index (κ2) is 8.52. The van der Waals surface area contributed by atoms with Crippen LogP contribution in [0.25, 0.3) is 27.6 Å². The first-order valence-corrected chi connectivity index (χ1v) is 11.0. The molecule has 0 unspecified atom stereocenters. The van der Waals surface area contributed by atoms with Gasteiger partial charge in [-0.2, -0.15) is 0 Å². The first kappa shape index (κ1) is 20.9. The standard InChI is InChI=1S/C26H17FN2O3S/c27-18-9-11-19(12-10-18)28-24(30)15-29-25(31)23(33-26(29)32)14-22-20-7-3-1-5-16(20)13-17-6-2-4-8-21(17)22/h1-14H,15H2,(H,28,30)/b23-14+. The number of hydrogen-bond donors (Lipinski definition) is 1. The molecular formula is C26H17FN2O3S. The second-order valence-corrected chi connectivity index (χ2v) is 8.55. The Labute approximate surface area is 192 Å². The highest BCUT2D eigenvalue weighted by Crippen LogP contribution is 2.36. The number of anilines is 1. The average molecular weight is 456 g/mol. The third kappa shape index (κ3) is 4.10. The van der Waals surface area contributed by atoms with E-state index in [2.05, 4.69) is 11.4 Å². The molecular weight excluding hydrogens is 439 g/mol. The highest BCUT2D eigenvalue weighted by atomic mass is 32.2. The Morgan fingerprint density at radius 3 is 2.15 bits per heavy atom. The van der Waals surface area contributed by atoms with Crippen molar-refractivity contribution in [3.8, 4) is 0 Å². The number of thioether (sulfide) groups is 1. The SMILES string of the molecule is O=C(CN1C(=O)S/C(=C/c2c3ccccc3cc3ccccc23)C1=O)Nc1ccc(F)cc1. The number of fused-ring (bicyclic) bond motifs is 2. The summed E-state index contributed by atoms with van der Waals surface area (Å²) in [6, 6.07) is 23.1. The van der Waals surface area contributed by atoms with E-state index in [1.54, 1.807) is 6.08 Å². The van der Waals surface area contributed by atoms with Gasteiger partial charge < -0.3 is 5.32 Å². The number of carbonyl (C=O) groups is 3. The minimum absolute atomic E-state index is 0.260. The lowest BCUT2D eigenvalue weighted by atomic mass is 9.96. The molecule has 1 saturated heterocycles. The van der Waals surface area contributed by atoms with Crippen molar-refractivity contribution in [2.24, 2.45) is 0 Å². The number of imide groups is 1. The van der Waals surface area contributed by atoms with Crippen LogP contribution in [0.2, 0.25) is 0 Å². The second-order valence-electron chi connectivity index (χ2n) is 7.56. The molecule has 7 heteroatoms. The van der Waals surface area contributed by atoms with Gasteiger partial charge in [-0.3, -0.25) is 19.3 Å². The molecule has 5 rings (SSSR count). The van der Waals surface area contributed by atoms with Crippen LogP contribution in [0.5, 0.6) is 0 Å². The van der Waals surface area contributed by atoms with E-state index >= 15 is 0 Å². The lowest BCUT2D eigenvalue weighted by Gasteiger charge is -2.12. The molecule has 0 atom stereocenters. The number of amides is 3. The number of halogens is 1. The van der Waals surface area contributed by atoms with Crippen molar-refractivity contribution in [3.63, 3.8) is 0 Å². The van der Waals surface area contributed by atoms with Gasteiger partial charge in [0.25, 0.3) is 11.1 Å². The molecule has 3 amide bonds. The van der Waals surface area contributed by atoms with Gasteiger partial charge in [0, 0.05) is 5.69 Å². The lowest BCUT2D eigenvalue weighted by Crippen LogP contribution is -2.36. The maximum absolute atomic E-state index is 13.1. The molecule has 1 aliphatic rings. The highest BCUT2D eigenvalue weighted by Gasteiger charge is 2.36. The normalized spacial score (nSPS) is 15.1. The zero-order chi connectivity index (χ0) is 22.9. The van der Waals surface area contributed by atoms with Gasteiger partial charge in [-0.15, -0.1) is 0 Å². The largest absolute Gasteiger partial charge is 0.325 e. The highest BCUT2D eigenvalue weighted by molar-refractivity contribution is 8.18. The Morgan fingerprint density at radius 1 is 0.909 bits per heavy atom. The topological polar surface area (TPSA) is 66.5 Å². The molecule has 5 nitrogen and oxygen atoms in total. The fourth-order valence-electron chi connectivity index (χ4n) is 3.85. The molecule has 1 aliphatic heterocycles. The number of carbonyl (C=O) groups excluding carboxylic acids is 3. The summed E-state index contributed by atoms with van der Waals surface area (Å²) in [5.41, 5.74) is 1.23. The molecule has 1 N–H and O–H groups in total. The first-order valence-electron chi connectivity index (χ1n) is 10.2. The molecule has 0 bridgehead atoms. The molecule has 4 aromatic rings. The molecule has 0 radical (unpaired) electrons. The quantitative estimate of drug-likeness (QED) is 0.311. The van der Waals surface area contributed by atoms with Crippen LogP contribution >= 0.6 is 11.8 Å². The van der Waals surface area contributed by atoms with Gasteiger partial charge in [-0.05, 0) is 75.3 Å². The molecule has 0 aromatic heterocycles. The van der Waals surface area contributed by atoms with E-state index in [4.69, 9.17) is 0 Å². The van der Waals surface area contributed by atoms with Crippen LogP contribution in [0.4, 0.5) is 14.9 Å². The first-order chi connectivity index (χ1) is 16.0. The predicted molar refractivity (Wildman–Crippen MR) is 129 cm³/mol. The van der Waals surface area contributed by atoms with Gasteiger partial charge in [-0.1, -0.05) is 48.5 Å². The molecule has 0 aliphatic carbocycles. The number of rotatable bonds is 4. The van der Waals surface area contributed by atoms with Crippen molar-refractivity contribution in [1.82, 2.24) is 4.90 Å². The number of benzene rings is 4. The van der Waals surface area contributed by atoms with E-state index in [1.165, 1.54) is 24.3 Å². The maximum atomic E-state index is 13.1. The number of hydrogen-bond acceptors (Lipinski definition) is 4. The van der Waals surface area contributed by atoms with Crippen molar-refractivity contribution < 1.29 is 18.8 Å². The zero-order valence-corrected chi connectivity index (χ0v) is 18.1. The third-order valence-corrected chi connectivity index (χ3v) is 6.30. The van der Waals surface area contributed by atoms with Crippen LogP contribution in [0.1, 0.15) is 5.56 Å². The van der Waals surface area contributed by atoms with Crippen molar-refractivity contribution in [1.29, 1.82) is 0 Å². The van der Waals surface area contributed by atoms with Gasteiger partial charge in [0.15, 0.2) is 0 Å². The van der Waals surface area contributed by atoms with Crippen LogP contribution < -0.4 is 5.32 Å². The third-order valence-electron chi connectivity index (χ3n) is 5.39. The van der Waals surface area contributed by atoms with Gasteiger partial charge in [-0.25, -0.2) is 4.39 Å². The summed E-state index contributed by atoms with van der Waals surface area (Å²) in [7, 11) is 0. The van der Waals surface area contributed by atoms with E-state index in [1.807, 2.05) is 48.5 Å². The summed E-state index contributed by atoms with van der Waals surface area (Å²) < 4.78 is 13.1. The fourth-order valence-corrected chi connectivity index (χ4v) is 4.67. The minimum atomic E-state index is -0.541. The van der Waals surface area contributed by atoms with Crippen LogP contribution in [0.15, 0.2) is 83.8 Å². The van der Waals surface area contributed by atoms with Gasteiger partial charge >= 0.3 is 0 Å². The van der Waals surface area contributed by atoms with E-state index in [0.29, 0.717) is 5.69 Å². The molecule has 0 saturated carbocycles.